The zero-order chi connectivity index (χ0) is 18.2. The van der Waals surface area contributed by atoms with Gasteiger partial charge in [-0.15, -0.1) is 0 Å². The minimum absolute atomic E-state index is 0.274. The van der Waals surface area contributed by atoms with E-state index in [0.29, 0.717) is 18.6 Å². The van der Waals surface area contributed by atoms with E-state index in [4.69, 9.17) is 4.74 Å². The van der Waals surface area contributed by atoms with Gasteiger partial charge in [0.15, 0.2) is 11.9 Å². The third kappa shape index (κ3) is 2.87. The van der Waals surface area contributed by atoms with Crippen molar-refractivity contribution in [2.24, 2.45) is 17.3 Å². The van der Waals surface area contributed by atoms with Crippen LogP contribution in [0.4, 0.5) is 8.78 Å². The summed E-state index contributed by atoms with van der Waals surface area (Å²) >= 11 is 0. The summed E-state index contributed by atoms with van der Waals surface area (Å²) in [6.07, 6.45) is 6.93. The highest BCUT2D eigenvalue weighted by Gasteiger charge is 2.64. The van der Waals surface area contributed by atoms with E-state index >= 15 is 0 Å². The van der Waals surface area contributed by atoms with Crippen LogP contribution in [-0.2, 0) is 9.53 Å². The van der Waals surface area contributed by atoms with Gasteiger partial charge in [0.1, 0.15) is 17.2 Å². The normalized spacial score (nSPS) is 28.9. The number of ether oxygens (including phenoxy) is 1. The van der Waals surface area contributed by atoms with Crippen LogP contribution in [0.2, 0.25) is 0 Å². The zero-order valence-electron chi connectivity index (χ0n) is 14.7. The van der Waals surface area contributed by atoms with Crippen molar-refractivity contribution in [2.45, 2.75) is 58.0 Å². The van der Waals surface area contributed by atoms with Crippen LogP contribution in [0.5, 0.6) is 0 Å². The van der Waals surface area contributed by atoms with Gasteiger partial charge >= 0.3 is 5.97 Å². The number of carbonyl (C=O) groups excluding carboxylic acids is 2. The fourth-order valence-corrected chi connectivity index (χ4v) is 4.63. The molecule has 2 aliphatic carbocycles. The average molecular weight is 350 g/mol. The summed E-state index contributed by atoms with van der Waals surface area (Å²) < 4.78 is 33.1. The molecule has 0 spiro atoms. The average Bonchev–Trinajstić information content (AvgIpc) is 2.58. The van der Waals surface area contributed by atoms with E-state index in [9.17, 15) is 18.4 Å². The predicted molar refractivity (Wildman–Crippen MR) is 89.0 cm³/mol. The molecule has 0 unspecified atom stereocenters. The van der Waals surface area contributed by atoms with Crippen LogP contribution in [0.3, 0.4) is 0 Å². The van der Waals surface area contributed by atoms with Crippen molar-refractivity contribution in [3.05, 3.63) is 35.4 Å². The van der Waals surface area contributed by atoms with Crippen LogP contribution in [0.25, 0.3) is 0 Å². The molecular formula is C20H24F2O3. The number of hydrogen-bond acceptors (Lipinski definition) is 3. The molecule has 0 N–H and O–H groups in total. The van der Waals surface area contributed by atoms with Gasteiger partial charge in [0.05, 0.1) is 0 Å². The van der Waals surface area contributed by atoms with Crippen LogP contribution in [-0.4, -0.2) is 17.9 Å². The summed E-state index contributed by atoms with van der Waals surface area (Å²) in [7, 11) is 0. The highest BCUT2D eigenvalue weighted by Crippen LogP contribution is 2.60. The number of esters is 1. The molecule has 1 aromatic carbocycles. The van der Waals surface area contributed by atoms with Gasteiger partial charge in [0.2, 0.25) is 0 Å². The number of hydrogen-bond donors (Lipinski definition) is 0. The molecule has 0 heterocycles. The predicted octanol–water partition coefficient (Wildman–Crippen LogP) is 4.69. The Kier molecular flexibility index (Phi) is 4.69. The molecule has 25 heavy (non-hydrogen) atoms. The largest absolute Gasteiger partial charge is 0.447 e. The van der Waals surface area contributed by atoms with Gasteiger partial charge in [0, 0.05) is 5.41 Å². The van der Waals surface area contributed by atoms with Crippen LogP contribution in [0.15, 0.2) is 18.2 Å². The van der Waals surface area contributed by atoms with Gasteiger partial charge in [-0.2, -0.15) is 0 Å². The molecule has 2 aliphatic rings. The van der Waals surface area contributed by atoms with E-state index < -0.39 is 34.2 Å². The highest BCUT2D eigenvalue weighted by molar-refractivity contribution is 5.92. The van der Waals surface area contributed by atoms with Crippen LogP contribution >= 0.6 is 0 Å². The van der Waals surface area contributed by atoms with Crippen molar-refractivity contribution >= 4 is 12.3 Å². The Morgan fingerprint density at radius 1 is 1.16 bits per heavy atom. The summed E-state index contributed by atoms with van der Waals surface area (Å²) in [6.45, 7) is 3.82. The molecule has 3 rings (SSSR count). The smallest absolute Gasteiger partial charge is 0.345 e. The number of benzene rings is 1. The molecular weight excluding hydrogens is 326 g/mol. The van der Waals surface area contributed by atoms with Crippen LogP contribution in [0.1, 0.15) is 62.7 Å². The first kappa shape index (κ1) is 18.0. The summed E-state index contributed by atoms with van der Waals surface area (Å²) in [4.78, 5) is 24.2. The van der Waals surface area contributed by atoms with Crippen molar-refractivity contribution in [1.82, 2.24) is 0 Å². The summed E-state index contributed by atoms with van der Waals surface area (Å²) in [5.41, 5.74) is -2.60. The highest BCUT2D eigenvalue weighted by atomic mass is 19.1. The summed E-state index contributed by atoms with van der Waals surface area (Å²) in [5.74, 6) is -2.28. The molecule has 2 saturated carbocycles. The Morgan fingerprint density at radius 2 is 1.76 bits per heavy atom. The van der Waals surface area contributed by atoms with Crippen LogP contribution < -0.4 is 0 Å². The Hall–Kier alpha value is -1.78. The Bertz CT molecular complexity index is 659. The number of halogens is 2. The molecule has 0 aliphatic heterocycles. The molecule has 5 heteroatoms. The minimum atomic E-state index is -1.32. The zero-order valence-corrected chi connectivity index (χ0v) is 14.7. The molecule has 0 amide bonds. The lowest BCUT2D eigenvalue weighted by Gasteiger charge is -2.60. The Balaban J connectivity index is 1.80. The van der Waals surface area contributed by atoms with Gasteiger partial charge in [-0.05, 0) is 30.4 Å². The molecule has 0 radical (unpaired) electrons. The monoisotopic (exact) mass is 350 g/mol. The maximum atomic E-state index is 13.8. The fraction of sp³-hybridized carbons (Fsp3) is 0.600. The number of aldehydes is 1. The first-order chi connectivity index (χ1) is 11.8. The number of rotatable bonds is 4. The molecule has 3 nitrogen and oxygen atoms in total. The molecule has 0 aromatic heterocycles. The van der Waals surface area contributed by atoms with Crippen molar-refractivity contribution in [2.75, 3.05) is 0 Å². The van der Waals surface area contributed by atoms with E-state index in [1.54, 1.807) is 0 Å². The second-order valence-corrected chi connectivity index (χ2v) is 7.92. The Labute approximate surface area is 146 Å². The standard InChI is InChI=1S/C20H24F2O3/c1-19(2)14(13-7-4-3-5-8-13)11-20(19,12-23)25-18(24)17-15(21)9-6-10-16(17)22/h6,9-10,12-14H,3-5,7-8,11H2,1-2H3/t14-,20-/m1/s1. The first-order valence-electron chi connectivity index (χ1n) is 8.96. The maximum absolute atomic E-state index is 13.8. The topological polar surface area (TPSA) is 43.4 Å². The van der Waals surface area contributed by atoms with Crippen molar-refractivity contribution < 1.29 is 23.1 Å². The lowest BCUT2D eigenvalue weighted by Crippen LogP contribution is -2.65. The maximum Gasteiger partial charge on any atom is 0.345 e. The van der Waals surface area contributed by atoms with E-state index in [-0.39, 0.29) is 5.92 Å². The molecule has 1 aromatic rings. The molecule has 0 saturated heterocycles. The lowest BCUT2D eigenvalue weighted by molar-refractivity contribution is -0.202. The van der Waals surface area contributed by atoms with Gasteiger partial charge in [0.25, 0.3) is 0 Å². The van der Waals surface area contributed by atoms with Crippen molar-refractivity contribution in [3.8, 4) is 0 Å². The number of carbonyl (C=O) groups is 2. The van der Waals surface area contributed by atoms with E-state index in [1.807, 2.05) is 13.8 Å². The second-order valence-electron chi connectivity index (χ2n) is 7.92. The Morgan fingerprint density at radius 3 is 2.28 bits per heavy atom. The van der Waals surface area contributed by atoms with Crippen molar-refractivity contribution in [1.29, 1.82) is 0 Å². The second kappa shape index (κ2) is 6.50. The third-order valence-electron chi connectivity index (χ3n) is 6.39. The third-order valence-corrected chi connectivity index (χ3v) is 6.39. The molecule has 2 atom stereocenters. The van der Waals surface area contributed by atoms with Gasteiger partial charge < -0.3 is 4.74 Å². The van der Waals surface area contributed by atoms with E-state index in [1.165, 1.54) is 25.3 Å². The first-order valence-corrected chi connectivity index (χ1v) is 8.96. The minimum Gasteiger partial charge on any atom is -0.447 e. The van der Waals surface area contributed by atoms with Crippen molar-refractivity contribution in [3.63, 3.8) is 0 Å². The molecule has 0 bridgehead atoms. The van der Waals surface area contributed by atoms with Gasteiger partial charge in [-0.25, -0.2) is 13.6 Å². The quantitative estimate of drug-likeness (QED) is 0.585. The fourth-order valence-electron chi connectivity index (χ4n) is 4.63. The van der Waals surface area contributed by atoms with E-state index in [2.05, 4.69) is 0 Å². The lowest BCUT2D eigenvalue weighted by atomic mass is 9.47. The summed E-state index contributed by atoms with van der Waals surface area (Å²) in [6, 6.07) is 3.19. The van der Waals surface area contributed by atoms with Crippen LogP contribution in [0, 0.1) is 28.9 Å². The SMILES string of the molecule is CC1(C)[C@@H](C2CCCCC2)C[C@]1(C=O)OC(=O)c1c(F)cccc1F. The molecule has 136 valence electrons. The van der Waals surface area contributed by atoms with E-state index in [0.717, 1.165) is 25.0 Å². The van der Waals surface area contributed by atoms with Gasteiger partial charge in [-0.3, -0.25) is 4.79 Å². The van der Waals surface area contributed by atoms with Gasteiger partial charge in [-0.1, -0.05) is 52.0 Å². The summed E-state index contributed by atoms with van der Waals surface area (Å²) in [5, 5.41) is 0. The molecule has 2 fully saturated rings.